The van der Waals surface area contributed by atoms with Crippen molar-refractivity contribution in [3.05, 3.63) is 78.6 Å². The van der Waals surface area contributed by atoms with Crippen LogP contribution < -0.4 is 8.83 Å². The normalized spacial score (nSPS) is 11.4. The van der Waals surface area contributed by atoms with E-state index in [0.717, 1.165) is 14.2 Å². The number of para-hydroxylation sites is 1. The summed E-state index contributed by atoms with van der Waals surface area (Å²) in [5.74, 6) is -1.24. The van der Waals surface area contributed by atoms with Crippen molar-refractivity contribution in [1.29, 1.82) is 0 Å². The Bertz CT molecular complexity index is 1030. The predicted octanol–water partition coefficient (Wildman–Crippen LogP) is 2.36. The molecule has 0 saturated carbocycles. The number of hydrogen-bond donors (Lipinski definition) is 0. The fourth-order valence-corrected chi connectivity index (χ4v) is 4.87. The standard InChI is InChI=1S/C19H12AsF2N3/c21-14-5-3-6-15(22)17(14)19-24-16-7-2-1-4-13(16)18(25-19)20-12-8-10-23-11-9-12/h1-11,20H. The summed E-state index contributed by atoms with van der Waals surface area (Å²) in [7, 11) is 0. The molecule has 0 bridgehead atoms. The molecule has 1 atom stereocenters. The first kappa shape index (κ1) is 15.9. The van der Waals surface area contributed by atoms with Gasteiger partial charge in [-0.3, -0.25) is 0 Å². The minimum atomic E-state index is -0.796. The van der Waals surface area contributed by atoms with Gasteiger partial charge in [-0.05, 0) is 0 Å². The second-order valence-corrected chi connectivity index (χ2v) is 8.10. The third kappa shape index (κ3) is 3.15. The van der Waals surface area contributed by atoms with E-state index in [1.807, 2.05) is 36.4 Å². The van der Waals surface area contributed by atoms with E-state index < -0.39 is 27.4 Å². The van der Waals surface area contributed by atoms with Gasteiger partial charge in [0.15, 0.2) is 0 Å². The first-order chi connectivity index (χ1) is 12.2. The van der Waals surface area contributed by atoms with Crippen LogP contribution in [0.25, 0.3) is 22.3 Å². The Morgan fingerprint density at radius 2 is 1.48 bits per heavy atom. The monoisotopic (exact) mass is 395 g/mol. The summed E-state index contributed by atoms with van der Waals surface area (Å²) in [5.41, 5.74) is 0.499. The molecule has 0 N–H and O–H groups in total. The Kier molecular flexibility index (Phi) is 4.24. The number of aromatic nitrogens is 3. The van der Waals surface area contributed by atoms with Crippen LogP contribution in [0.15, 0.2) is 67.0 Å². The van der Waals surface area contributed by atoms with Gasteiger partial charge in [0.1, 0.15) is 0 Å². The molecule has 25 heavy (non-hydrogen) atoms. The van der Waals surface area contributed by atoms with Gasteiger partial charge in [-0.2, -0.15) is 0 Å². The van der Waals surface area contributed by atoms with Gasteiger partial charge in [0.05, 0.1) is 0 Å². The SMILES string of the molecule is Fc1cccc(F)c1-c1nc([AsH]c2ccncc2)c2ccccc2n1. The summed E-state index contributed by atoms with van der Waals surface area (Å²) in [6.45, 7) is 0. The molecular formula is C19H12AsF2N3. The van der Waals surface area contributed by atoms with Gasteiger partial charge >= 0.3 is 149 Å². The second-order valence-electron chi connectivity index (χ2n) is 5.37. The van der Waals surface area contributed by atoms with Gasteiger partial charge in [-0.15, -0.1) is 0 Å². The average Bonchev–Trinajstić information content (AvgIpc) is 2.62. The van der Waals surface area contributed by atoms with E-state index in [0.29, 0.717) is 5.52 Å². The van der Waals surface area contributed by atoms with Crippen molar-refractivity contribution in [2.45, 2.75) is 0 Å². The van der Waals surface area contributed by atoms with Crippen molar-refractivity contribution >= 4 is 35.5 Å². The Hall–Kier alpha value is -2.65. The number of halogens is 2. The molecule has 122 valence electrons. The molecular weight excluding hydrogens is 383 g/mol. The van der Waals surface area contributed by atoms with Crippen LogP contribution in [0.3, 0.4) is 0 Å². The third-order valence-electron chi connectivity index (χ3n) is 3.73. The molecule has 4 aromatic rings. The van der Waals surface area contributed by atoms with Gasteiger partial charge in [0.25, 0.3) is 0 Å². The second kappa shape index (κ2) is 6.69. The Morgan fingerprint density at radius 1 is 0.760 bits per heavy atom. The summed E-state index contributed by atoms with van der Waals surface area (Å²) in [5, 5.41) is 0.916. The van der Waals surface area contributed by atoms with Crippen LogP contribution in [-0.4, -0.2) is 30.7 Å². The van der Waals surface area contributed by atoms with Crippen molar-refractivity contribution in [3.63, 3.8) is 0 Å². The summed E-state index contributed by atoms with van der Waals surface area (Å²) >= 11 is -0.796. The van der Waals surface area contributed by atoms with E-state index in [4.69, 9.17) is 0 Å². The van der Waals surface area contributed by atoms with E-state index in [2.05, 4.69) is 15.0 Å². The molecule has 0 aliphatic rings. The van der Waals surface area contributed by atoms with Crippen molar-refractivity contribution in [2.75, 3.05) is 0 Å². The van der Waals surface area contributed by atoms with Crippen molar-refractivity contribution in [1.82, 2.24) is 15.0 Å². The van der Waals surface area contributed by atoms with Gasteiger partial charge < -0.3 is 0 Å². The van der Waals surface area contributed by atoms with E-state index >= 15 is 0 Å². The van der Waals surface area contributed by atoms with Crippen LogP contribution in [-0.2, 0) is 0 Å². The van der Waals surface area contributed by atoms with Crippen LogP contribution in [0.2, 0.25) is 0 Å². The predicted molar refractivity (Wildman–Crippen MR) is 95.5 cm³/mol. The molecule has 3 nitrogen and oxygen atoms in total. The van der Waals surface area contributed by atoms with Gasteiger partial charge in [-0.1, -0.05) is 0 Å². The van der Waals surface area contributed by atoms with Crippen LogP contribution in [0.4, 0.5) is 8.78 Å². The van der Waals surface area contributed by atoms with Crippen molar-refractivity contribution in [3.8, 4) is 11.4 Å². The molecule has 4 rings (SSSR count). The number of rotatable bonds is 3. The molecule has 0 aliphatic carbocycles. The topological polar surface area (TPSA) is 38.7 Å². The van der Waals surface area contributed by atoms with Crippen LogP contribution in [0.1, 0.15) is 0 Å². The molecule has 0 fully saturated rings. The molecule has 6 heteroatoms. The molecule has 0 amide bonds. The van der Waals surface area contributed by atoms with Gasteiger partial charge in [0, 0.05) is 0 Å². The summed E-state index contributed by atoms with van der Waals surface area (Å²) in [6, 6.07) is 15.2. The molecule has 2 aromatic heterocycles. The maximum absolute atomic E-state index is 14.2. The molecule has 2 aromatic carbocycles. The number of nitrogens with zero attached hydrogens (tertiary/aromatic N) is 3. The van der Waals surface area contributed by atoms with Crippen molar-refractivity contribution < 1.29 is 8.78 Å². The molecule has 0 saturated heterocycles. The molecule has 1 unspecified atom stereocenters. The number of pyridine rings is 1. The summed E-state index contributed by atoms with van der Waals surface area (Å²) in [4.78, 5) is 12.9. The molecule has 0 radical (unpaired) electrons. The Morgan fingerprint density at radius 3 is 2.24 bits per heavy atom. The zero-order valence-corrected chi connectivity index (χ0v) is 15.0. The zero-order chi connectivity index (χ0) is 17.2. The quantitative estimate of drug-likeness (QED) is 0.500. The van der Waals surface area contributed by atoms with Gasteiger partial charge in [0.2, 0.25) is 0 Å². The number of fused-ring (bicyclic) bond motifs is 1. The van der Waals surface area contributed by atoms with Crippen molar-refractivity contribution in [2.24, 2.45) is 0 Å². The summed E-state index contributed by atoms with van der Waals surface area (Å²) in [6.07, 6.45) is 3.47. The maximum atomic E-state index is 14.2. The summed E-state index contributed by atoms with van der Waals surface area (Å²) < 4.78 is 30.3. The number of benzene rings is 2. The van der Waals surface area contributed by atoms with Gasteiger partial charge in [-0.25, -0.2) is 0 Å². The molecule has 2 heterocycles. The van der Waals surface area contributed by atoms with Crippen LogP contribution >= 0.6 is 0 Å². The van der Waals surface area contributed by atoms with E-state index in [9.17, 15) is 8.78 Å². The first-order valence-electron chi connectivity index (χ1n) is 7.60. The molecule has 0 spiro atoms. The fourth-order valence-electron chi connectivity index (χ4n) is 2.57. The number of hydrogen-bond acceptors (Lipinski definition) is 3. The first-order valence-corrected chi connectivity index (χ1v) is 9.70. The van der Waals surface area contributed by atoms with Crippen LogP contribution in [0, 0.1) is 11.6 Å². The van der Waals surface area contributed by atoms with E-state index in [1.54, 1.807) is 12.4 Å². The molecule has 0 aliphatic heterocycles. The van der Waals surface area contributed by atoms with E-state index in [-0.39, 0.29) is 11.4 Å². The third-order valence-corrected chi connectivity index (χ3v) is 6.33. The average molecular weight is 395 g/mol. The van der Waals surface area contributed by atoms with Crippen LogP contribution in [0.5, 0.6) is 0 Å². The Balaban J connectivity index is 1.93. The zero-order valence-electron chi connectivity index (χ0n) is 12.9. The Labute approximate surface area is 149 Å². The van der Waals surface area contributed by atoms with E-state index in [1.165, 1.54) is 18.2 Å². The minimum absolute atomic E-state index is 0.0853. The fraction of sp³-hybridized carbons (Fsp3) is 0.